The monoisotopic (exact) mass is 641 g/mol. The van der Waals surface area contributed by atoms with Gasteiger partial charge in [-0.3, -0.25) is 4.79 Å². The van der Waals surface area contributed by atoms with E-state index in [9.17, 15) is 9.18 Å². The minimum Gasteiger partial charge on any atom is -0.493 e. The standard InChI is InChI=1S/C29H26Br2FN3O3/c1-37-26-14-18(13-23(31)27(26)38-17-20-9-5-6-10-24(20)32)16-33-35-28(19-7-3-2-4-8-19)34-25-12-11-21(30)15-22(25)29(35)36/h5-6,9-16,19H,2-4,7-8,17H2,1H3. The number of hydrogen-bond donors (Lipinski definition) is 0. The van der Waals surface area contributed by atoms with Crippen molar-refractivity contribution in [1.29, 1.82) is 0 Å². The molecule has 9 heteroatoms. The molecular weight excluding hydrogens is 617 g/mol. The van der Waals surface area contributed by atoms with E-state index in [0.29, 0.717) is 43.8 Å². The number of benzene rings is 3. The average molecular weight is 643 g/mol. The Kier molecular flexibility index (Phi) is 8.24. The van der Waals surface area contributed by atoms with Gasteiger partial charge in [-0.1, -0.05) is 53.4 Å². The third-order valence-electron chi connectivity index (χ3n) is 6.71. The number of rotatable bonds is 7. The van der Waals surface area contributed by atoms with Crippen LogP contribution in [0, 0.1) is 5.82 Å². The first-order valence-electron chi connectivity index (χ1n) is 12.4. The minimum absolute atomic E-state index is 0.0491. The van der Waals surface area contributed by atoms with Crippen LogP contribution in [-0.2, 0) is 6.61 Å². The molecule has 3 aromatic carbocycles. The predicted molar refractivity (Wildman–Crippen MR) is 154 cm³/mol. The second-order valence-electron chi connectivity index (χ2n) is 9.24. The van der Waals surface area contributed by atoms with Gasteiger partial charge in [0.15, 0.2) is 11.5 Å². The van der Waals surface area contributed by atoms with Gasteiger partial charge in [-0.2, -0.15) is 9.78 Å². The number of nitrogens with zero attached hydrogens (tertiary/aromatic N) is 3. The van der Waals surface area contributed by atoms with Crippen LogP contribution in [0.25, 0.3) is 10.9 Å². The molecule has 0 atom stereocenters. The number of fused-ring (bicyclic) bond motifs is 1. The molecule has 0 unspecified atom stereocenters. The zero-order valence-corrected chi connectivity index (χ0v) is 24.0. The number of methoxy groups -OCH3 is 1. The lowest BCUT2D eigenvalue weighted by molar-refractivity contribution is 0.278. The molecule has 0 radical (unpaired) electrons. The Labute approximate surface area is 236 Å². The second kappa shape index (κ2) is 11.8. The molecule has 1 heterocycles. The van der Waals surface area contributed by atoms with E-state index in [2.05, 4.69) is 37.0 Å². The molecule has 1 aromatic heterocycles. The van der Waals surface area contributed by atoms with Crippen LogP contribution in [0.1, 0.15) is 55.0 Å². The van der Waals surface area contributed by atoms with Crippen LogP contribution in [0.4, 0.5) is 4.39 Å². The van der Waals surface area contributed by atoms with Gasteiger partial charge in [0.05, 0.1) is 28.7 Å². The van der Waals surface area contributed by atoms with Crippen molar-refractivity contribution in [3.8, 4) is 11.5 Å². The maximum atomic E-state index is 14.0. The summed E-state index contributed by atoms with van der Waals surface area (Å²) in [5, 5.41) is 5.12. The van der Waals surface area contributed by atoms with Crippen molar-refractivity contribution in [3.63, 3.8) is 0 Å². The van der Waals surface area contributed by atoms with Crippen LogP contribution in [0.5, 0.6) is 11.5 Å². The fourth-order valence-electron chi connectivity index (χ4n) is 4.75. The smallest absolute Gasteiger partial charge is 0.282 e. The lowest BCUT2D eigenvalue weighted by atomic mass is 9.88. The first-order valence-corrected chi connectivity index (χ1v) is 14.0. The average Bonchev–Trinajstić information content (AvgIpc) is 2.93. The van der Waals surface area contributed by atoms with Crippen molar-refractivity contribution >= 4 is 49.0 Å². The maximum absolute atomic E-state index is 14.0. The number of ether oxygens (including phenoxy) is 2. The summed E-state index contributed by atoms with van der Waals surface area (Å²) in [6, 6.07) is 15.6. The molecule has 5 rings (SSSR count). The number of halogens is 3. The van der Waals surface area contributed by atoms with Crippen LogP contribution in [0.2, 0.25) is 0 Å². The van der Waals surface area contributed by atoms with E-state index < -0.39 is 0 Å². The largest absolute Gasteiger partial charge is 0.493 e. The Morgan fingerprint density at radius 1 is 1.11 bits per heavy atom. The molecule has 0 spiro atoms. The molecule has 4 aromatic rings. The highest BCUT2D eigenvalue weighted by molar-refractivity contribution is 9.10. The van der Waals surface area contributed by atoms with Crippen LogP contribution < -0.4 is 15.0 Å². The SMILES string of the molecule is COc1cc(C=Nn2c(C3CCCCC3)nc3ccc(Br)cc3c2=O)cc(Br)c1OCc1ccccc1F. The topological polar surface area (TPSA) is 65.7 Å². The molecule has 1 aliphatic carbocycles. The Morgan fingerprint density at radius 2 is 1.89 bits per heavy atom. The third kappa shape index (κ3) is 5.68. The molecule has 0 aliphatic heterocycles. The highest BCUT2D eigenvalue weighted by Crippen LogP contribution is 2.37. The maximum Gasteiger partial charge on any atom is 0.282 e. The van der Waals surface area contributed by atoms with E-state index in [1.54, 1.807) is 36.5 Å². The van der Waals surface area contributed by atoms with Gasteiger partial charge in [-0.15, -0.1) is 0 Å². The molecule has 0 saturated heterocycles. The van der Waals surface area contributed by atoms with Crippen molar-refractivity contribution in [2.24, 2.45) is 5.10 Å². The molecule has 1 saturated carbocycles. The fourth-order valence-corrected chi connectivity index (χ4v) is 5.68. The summed E-state index contributed by atoms with van der Waals surface area (Å²) in [4.78, 5) is 18.4. The van der Waals surface area contributed by atoms with Gasteiger partial charge in [0.1, 0.15) is 18.2 Å². The Morgan fingerprint density at radius 3 is 2.66 bits per heavy atom. The zero-order valence-electron chi connectivity index (χ0n) is 20.8. The highest BCUT2D eigenvalue weighted by Gasteiger charge is 2.22. The summed E-state index contributed by atoms with van der Waals surface area (Å²) in [6.45, 7) is 0.0491. The number of hydrogen-bond acceptors (Lipinski definition) is 5. The highest BCUT2D eigenvalue weighted by atomic mass is 79.9. The van der Waals surface area contributed by atoms with Gasteiger partial charge in [0, 0.05) is 16.0 Å². The normalized spacial score (nSPS) is 14.3. The summed E-state index contributed by atoms with van der Waals surface area (Å²) in [5.41, 5.74) is 1.61. The first kappa shape index (κ1) is 26.6. The minimum atomic E-state index is -0.332. The summed E-state index contributed by atoms with van der Waals surface area (Å²) in [5.74, 6) is 1.44. The van der Waals surface area contributed by atoms with Gasteiger partial charge >= 0.3 is 0 Å². The van der Waals surface area contributed by atoms with E-state index in [4.69, 9.17) is 14.5 Å². The van der Waals surface area contributed by atoms with Crippen LogP contribution in [0.15, 0.2) is 73.4 Å². The van der Waals surface area contributed by atoms with Crippen LogP contribution in [-0.4, -0.2) is 23.0 Å². The molecule has 196 valence electrons. The van der Waals surface area contributed by atoms with Gasteiger partial charge in [-0.05, 0) is 70.7 Å². The molecule has 6 nitrogen and oxygen atoms in total. The Hall–Kier alpha value is -3.04. The molecule has 0 N–H and O–H groups in total. The fraction of sp³-hybridized carbons (Fsp3) is 0.276. The van der Waals surface area contributed by atoms with Gasteiger partial charge in [0.25, 0.3) is 5.56 Å². The summed E-state index contributed by atoms with van der Waals surface area (Å²) in [7, 11) is 1.54. The van der Waals surface area contributed by atoms with E-state index in [-0.39, 0.29) is 23.9 Å². The lowest BCUT2D eigenvalue weighted by Crippen LogP contribution is -2.25. The molecule has 1 fully saturated rings. The molecule has 1 aliphatic rings. The van der Waals surface area contributed by atoms with E-state index in [1.807, 2.05) is 18.2 Å². The van der Waals surface area contributed by atoms with Crippen molar-refractivity contribution in [2.75, 3.05) is 7.11 Å². The number of aromatic nitrogens is 2. The van der Waals surface area contributed by atoms with Crippen molar-refractivity contribution in [2.45, 2.75) is 44.6 Å². The van der Waals surface area contributed by atoms with E-state index >= 15 is 0 Å². The zero-order chi connectivity index (χ0) is 26.6. The van der Waals surface area contributed by atoms with Gasteiger partial charge in [0.2, 0.25) is 0 Å². The summed E-state index contributed by atoms with van der Waals surface area (Å²) in [6.07, 6.45) is 7.01. The van der Waals surface area contributed by atoms with Crippen molar-refractivity contribution in [1.82, 2.24) is 9.66 Å². The predicted octanol–water partition coefficient (Wildman–Crippen LogP) is 7.58. The van der Waals surface area contributed by atoms with Crippen LogP contribution >= 0.6 is 31.9 Å². The lowest BCUT2D eigenvalue weighted by Gasteiger charge is -2.22. The summed E-state index contributed by atoms with van der Waals surface area (Å²) >= 11 is 7.00. The molecule has 0 amide bonds. The summed E-state index contributed by atoms with van der Waals surface area (Å²) < 4.78 is 28.4. The molecule has 38 heavy (non-hydrogen) atoms. The van der Waals surface area contributed by atoms with Crippen LogP contribution in [0.3, 0.4) is 0 Å². The first-order chi connectivity index (χ1) is 18.4. The molecular formula is C29H26Br2FN3O3. The third-order valence-corrected chi connectivity index (χ3v) is 7.79. The van der Waals surface area contributed by atoms with Gasteiger partial charge < -0.3 is 9.47 Å². The van der Waals surface area contributed by atoms with E-state index in [0.717, 1.165) is 30.2 Å². The quantitative estimate of drug-likeness (QED) is 0.195. The Bertz CT molecular complexity index is 1570. The Balaban J connectivity index is 1.50. The van der Waals surface area contributed by atoms with Crippen molar-refractivity contribution < 1.29 is 13.9 Å². The van der Waals surface area contributed by atoms with E-state index in [1.165, 1.54) is 24.3 Å². The molecule has 0 bridgehead atoms. The van der Waals surface area contributed by atoms with Gasteiger partial charge in [-0.25, -0.2) is 9.37 Å². The van der Waals surface area contributed by atoms with Crippen molar-refractivity contribution in [3.05, 3.63) is 96.7 Å². The second-order valence-corrected chi connectivity index (χ2v) is 11.0.